The molecule has 0 unspecified atom stereocenters. The van der Waals surface area contributed by atoms with Crippen molar-refractivity contribution in [3.8, 4) is 5.75 Å². The Labute approximate surface area is 183 Å². The SMILES string of the molecule is CC[C@@H](N=C(NS)C(N)=Nc1ccc(Br)c(C(=O)N(C)C)c1O)c1cc(C)co1. The van der Waals surface area contributed by atoms with E-state index in [0.29, 0.717) is 16.7 Å². The second-order valence-corrected chi connectivity index (χ2v) is 7.60. The summed E-state index contributed by atoms with van der Waals surface area (Å²) in [6.07, 6.45) is 2.33. The van der Waals surface area contributed by atoms with E-state index in [1.807, 2.05) is 19.9 Å². The van der Waals surface area contributed by atoms with Crippen molar-refractivity contribution in [2.75, 3.05) is 14.1 Å². The third-order valence-electron chi connectivity index (χ3n) is 4.07. The highest BCUT2D eigenvalue weighted by atomic mass is 79.9. The first-order chi connectivity index (χ1) is 13.7. The Morgan fingerprint density at radius 1 is 1.45 bits per heavy atom. The third-order valence-corrected chi connectivity index (χ3v) is 4.94. The van der Waals surface area contributed by atoms with Crippen molar-refractivity contribution in [1.82, 2.24) is 9.62 Å². The quantitative estimate of drug-likeness (QED) is 0.295. The number of amidine groups is 2. The van der Waals surface area contributed by atoms with Gasteiger partial charge in [-0.3, -0.25) is 9.79 Å². The number of nitrogens with zero attached hydrogens (tertiary/aromatic N) is 3. The van der Waals surface area contributed by atoms with Gasteiger partial charge < -0.3 is 24.9 Å². The number of benzene rings is 1. The molecule has 1 aromatic carbocycles. The summed E-state index contributed by atoms with van der Waals surface area (Å²) in [6.45, 7) is 3.90. The summed E-state index contributed by atoms with van der Waals surface area (Å²) in [4.78, 5) is 22.5. The highest BCUT2D eigenvalue weighted by Crippen LogP contribution is 2.36. The first-order valence-electron chi connectivity index (χ1n) is 8.80. The zero-order valence-electron chi connectivity index (χ0n) is 16.6. The Balaban J connectivity index is 2.44. The molecule has 1 amide bonds. The number of nitrogens with one attached hydrogen (secondary N) is 1. The molecule has 0 spiro atoms. The number of rotatable bonds is 5. The molecule has 8 nitrogen and oxygen atoms in total. The number of nitrogens with two attached hydrogens (primary N) is 1. The monoisotopic (exact) mass is 481 g/mol. The molecule has 4 N–H and O–H groups in total. The van der Waals surface area contributed by atoms with Gasteiger partial charge >= 0.3 is 0 Å². The van der Waals surface area contributed by atoms with Gasteiger partial charge in [0.05, 0.1) is 11.8 Å². The van der Waals surface area contributed by atoms with Gasteiger partial charge in [-0.1, -0.05) is 19.7 Å². The van der Waals surface area contributed by atoms with Crippen molar-refractivity contribution in [3.63, 3.8) is 0 Å². The largest absolute Gasteiger partial charge is 0.505 e. The third kappa shape index (κ3) is 5.33. The van der Waals surface area contributed by atoms with E-state index in [2.05, 4.69) is 43.5 Å². The fourth-order valence-electron chi connectivity index (χ4n) is 2.55. The summed E-state index contributed by atoms with van der Waals surface area (Å²) in [5, 5.41) is 10.6. The van der Waals surface area contributed by atoms with Gasteiger partial charge in [-0.25, -0.2) is 4.99 Å². The van der Waals surface area contributed by atoms with Crippen molar-refractivity contribution >= 4 is 52.0 Å². The van der Waals surface area contributed by atoms with E-state index in [-0.39, 0.29) is 40.6 Å². The number of aryl methyl sites for hydroxylation is 1. The smallest absolute Gasteiger partial charge is 0.258 e. The van der Waals surface area contributed by atoms with E-state index in [1.165, 1.54) is 4.90 Å². The average molecular weight is 482 g/mol. The van der Waals surface area contributed by atoms with Gasteiger partial charge in [0.2, 0.25) is 0 Å². The van der Waals surface area contributed by atoms with Gasteiger partial charge in [0.1, 0.15) is 17.5 Å². The van der Waals surface area contributed by atoms with Crippen LogP contribution >= 0.6 is 28.7 Å². The van der Waals surface area contributed by atoms with E-state index in [1.54, 1.807) is 32.5 Å². The normalized spacial score (nSPS) is 13.3. The number of carbonyl (C=O) groups excluding carboxylic acids is 1. The number of halogens is 1. The van der Waals surface area contributed by atoms with Crippen LogP contribution in [0.15, 0.2) is 43.3 Å². The van der Waals surface area contributed by atoms with E-state index in [0.717, 1.165) is 5.56 Å². The molecule has 0 saturated carbocycles. The molecule has 2 aromatic rings. The average Bonchev–Trinajstić information content (AvgIpc) is 3.11. The van der Waals surface area contributed by atoms with E-state index >= 15 is 0 Å². The molecule has 10 heteroatoms. The van der Waals surface area contributed by atoms with Crippen molar-refractivity contribution in [1.29, 1.82) is 0 Å². The molecule has 0 aliphatic carbocycles. The molecule has 156 valence electrons. The van der Waals surface area contributed by atoms with Crippen LogP contribution in [0.1, 0.15) is 41.1 Å². The Bertz CT molecular complexity index is 955. The van der Waals surface area contributed by atoms with Crippen LogP contribution in [0.25, 0.3) is 0 Å². The number of carbonyl (C=O) groups is 1. The van der Waals surface area contributed by atoms with Crippen LogP contribution in [0, 0.1) is 6.92 Å². The lowest BCUT2D eigenvalue weighted by atomic mass is 10.1. The number of amides is 1. The van der Waals surface area contributed by atoms with Gasteiger partial charge in [-0.2, -0.15) is 0 Å². The van der Waals surface area contributed by atoms with Crippen LogP contribution in [-0.2, 0) is 0 Å². The number of thiol groups is 1. The molecule has 29 heavy (non-hydrogen) atoms. The van der Waals surface area contributed by atoms with Crippen LogP contribution < -0.4 is 10.5 Å². The Morgan fingerprint density at radius 3 is 2.66 bits per heavy atom. The van der Waals surface area contributed by atoms with Crippen LogP contribution in [0.2, 0.25) is 0 Å². The maximum atomic E-state index is 12.4. The Kier molecular flexibility index (Phi) is 7.74. The highest BCUT2D eigenvalue weighted by Gasteiger charge is 2.21. The van der Waals surface area contributed by atoms with Crippen molar-refractivity contribution in [3.05, 3.63) is 45.8 Å². The predicted octanol–water partition coefficient (Wildman–Crippen LogP) is 3.73. The number of hydrogen-bond acceptors (Lipinski definition) is 6. The summed E-state index contributed by atoms with van der Waals surface area (Å²) in [5.41, 5.74) is 7.32. The summed E-state index contributed by atoms with van der Waals surface area (Å²) in [6, 6.07) is 4.79. The van der Waals surface area contributed by atoms with E-state index in [9.17, 15) is 9.90 Å². The van der Waals surface area contributed by atoms with Crippen LogP contribution in [-0.4, -0.2) is 41.7 Å². The molecule has 0 fully saturated rings. The summed E-state index contributed by atoms with van der Waals surface area (Å²) in [7, 11) is 3.19. The van der Waals surface area contributed by atoms with Gasteiger partial charge in [-0.05, 0) is 53.0 Å². The molecule has 1 atom stereocenters. The van der Waals surface area contributed by atoms with Crippen molar-refractivity contribution in [2.45, 2.75) is 26.3 Å². The number of phenolic OH excluding ortho intramolecular Hbond substituents is 1. The Morgan fingerprint density at radius 2 is 2.14 bits per heavy atom. The minimum atomic E-state index is -0.370. The first kappa shape index (κ1) is 22.8. The van der Waals surface area contributed by atoms with E-state index < -0.39 is 0 Å². The molecular weight excluding hydrogens is 458 g/mol. The predicted molar refractivity (Wildman–Crippen MR) is 121 cm³/mol. The minimum absolute atomic E-state index is 0.00241. The molecule has 0 radical (unpaired) electrons. The van der Waals surface area contributed by atoms with Crippen LogP contribution in [0.4, 0.5) is 5.69 Å². The first-order valence-corrected chi connectivity index (χ1v) is 10.0. The van der Waals surface area contributed by atoms with Crippen LogP contribution in [0.3, 0.4) is 0 Å². The van der Waals surface area contributed by atoms with Crippen molar-refractivity contribution < 1.29 is 14.3 Å². The summed E-state index contributed by atoms with van der Waals surface area (Å²) < 4.78 is 8.61. The maximum absolute atomic E-state index is 12.4. The minimum Gasteiger partial charge on any atom is -0.505 e. The second kappa shape index (κ2) is 9.84. The second-order valence-electron chi connectivity index (χ2n) is 6.53. The molecule has 0 aliphatic heterocycles. The standard InChI is InChI=1S/C19H24BrN5O3S/c1-5-12(14-8-10(2)9-28-14)23-18(24-29)17(21)22-13-7-6-11(20)15(16(13)26)19(27)25(3)4/h6-9,12,26,29H,5H2,1-4H3,(H2,21,22)(H,23,24)/t12-/m1/s1. The Hall–Kier alpha value is -2.46. The zero-order valence-corrected chi connectivity index (χ0v) is 19.1. The number of furan rings is 1. The van der Waals surface area contributed by atoms with Gasteiger partial charge in [0, 0.05) is 18.6 Å². The fourth-order valence-corrected chi connectivity index (χ4v) is 3.21. The van der Waals surface area contributed by atoms with Gasteiger partial charge in [0.25, 0.3) is 5.91 Å². The van der Waals surface area contributed by atoms with Crippen molar-refractivity contribution in [2.24, 2.45) is 15.7 Å². The maximum Gasteiger partial charge on any atom is 0.258 e. The van der Waals surface area contributed by atoms with Crippen LogP contribution in [0.5, 0.6) is 5.75 Å². The van der Waals surface area contributed by atoms with Gasteiger partial charge in [-0.15, -0.1) is 0 Å². The molecule has 0 saturated heterocycles. The number of aromatic hydroxyl groups is 1. The lowest BCUT2D eigenvalue weighted by molar-refractivity contribution is 0.0824. The topological polar surface area (TPSA) is 116 Å². The highest BCUT2D eigenvalue weighted by molar-refractivity contribution is 9.10. The zero-order chi connectivity index (χ0) is 21.7. The molecule has 0 aliphatic rings. The van der Waals surface area contributed by atoms with Gasteiger partial charge in [0.15, 0.2) is 17.4 Å². The molecule has 2 rings (SSSR count). The molecule has 1 heterocycles. The fraction of sp³-hybridized carbons (Fsp3) is 0.316. The number of aliphatic imine (C=N–C) groups is 2. The number of phenols is 1. The summed E-state index contributed by atoms with van der Waals surface area (Å²) in [5.74, 6) is 0.266. The molecular formula is C19H24BrN5O3S. The molecule has 0 bridgehead atoms. The lowest BCUT2D eigenvalue weighted by Crippen LogP contribution is -2.32. The lowest BCUT2D eigenvalue weighted by Gasteiger charge is -2.15. The summed E-state index contributed by atoms with van der Waals surface area (Å²) >= 11 is 7.35. The molecule has 1 aromatic heterocycles. The van der Waals surface area contributed by atoms with E-state index in [4.69, 9.17) is 10.2 Å². The number of hydrogen-bond donors (Lipinski definition) is 4.